The van der Waals surface area contributed by atoms with Crippen molar-refractivity contribution >= 4 is 0 Å². The van der Waals surface area contributed by atoms with Crippen LogP contribution in [0.2, 0.25) is 0 Å². The van der Waals surface area contributed by atoms with Gasteiger partial charge in [-0.15, -0.1) is 10.2 Å². The molecule has 0 amide bonds. The molecule has 0 N–H and O–H groups in total. The van der Waals surface area contributed by atoms with Crippen molar-refractivity contribution in [1.82, 2.24) is 19.3 Å². The predicted octanol–water partition coefficient (Wildman–Crippen LogP) is 0.334. The van der Waals surface area contributed by atoms with Gasteiger partial charge in [-0.2, -0.15) is 0 Å². The van der Waals surface area contributed by atoms with Gasteiger partial charge in [0.1, 0.15) is 6.33 Å². The van der Waals surface area contributed by atoms with Crippen LogP contribution in [0.1, 0.15) is 11.4 Å². The van der Waals surface area contributed by atoms with Crippen LogP contribution in [0.25, 0.3) is 0 Å². The van der Waals surface area contributed by atoms with Crippen molar-refractivity contribution in [2.24, 2.45) is 7.05 Å². The van der Waals surface area contributed by atoms with E-state index in [9.17, 15) is 4.79 Å². The smallest absolute Gasteiger partial charge is 0.251 e. The quantitative estimate of drug-likeness (QED) is 0.708. The SMILES string of the molecule is Cc1ccn(Cc2nncn2C)c(=O)c1. The third-order valence-corrected chi connectivity index (χ3v) is 2.27. The number of hydrogen-bond donors (Lipinski definition) is 0. The zero-order valence-electron chi connectivity index (χ0n) is 8.71. The zero-order chi connectivity index (χ0) is 10.8. The van der Waals surface area contributed by atoms with Gasteiger partial charge in [0.2, 0.25) is 0 Å². The summed E-state index contributed by atoms with van der Waals surface area (Å²) >= 11 is 0. The fourth-order valence-corrected chi connectivity index (χ4v) is 1.34. The van der Waals surface area contributed by atoms with E-state index in [-0.39, 0.29) is 5.56 Å². The summed E-state index contributed by atoms with van der Waals surface area (Å²) in [5, 5.41) is 7.69. The Kier molecular flexibility index (Phi) is 2.37. The van der Waals surface area contributed by atoms with E-state index < -0.39 is 0 Å². The second-order valence-electron chi connectivity index (χ2n) is 3.53. The van der Waals surface area contributed by atoms with E-state index in [2.05, 4.69) is 10.2 Å². The molecule has 2 heterocycles. The molecule has 0 aliphatic carbocycles. The summed E-state index contributed by atoms with van der Waals surface area (Å²) in [5.74, 6) is 0.765. The van der Waals surface area contributed by atoms with Crippen LogP contribution in [-0.2, 0) is 13.6 Å². The largest absolute Gasteiger partial charge is 0.319 e. The minimum absolute atomic E-state index is 0.0157. The molecule has 0 aliphatic heterocycles. The van der Waals surface area contributed by atoms with Crippen LogP contribution in [-0.4, -0.2) is 19.3 Å². The first-order valence-electron chi connectivity index (χ1n) is 4.67. The molecule has 2 rings (SSSR count). The summed E-state index contributed by atoms with van der Waals surface area (Å²) in [5.41, 5.74) is 0.951. The molecule has 78 valence electrons. The molecule has 0 radical (unpaired) electrons. The Morgan fingerprint density at radius 3 is 2.87 bits per heavy atom. The lowest BCUT2D eigenvalue weighted by Gasteiger charge is -2.04. The molecule has 0 atom stereocenters. The normalized spacial score (nSPS) is 10.5. The van der Waals surface area contributed by atoms with Crippen molar-refractivity contribution < 1.29 is 0 Å². The Morgan fingerprint density at radius 1 is 1.47 bits per heavy atom. The first-order valence-corrected chi connectivity index (χ1v) is 4.67. The van der Waals surface area contributed by atoms with E-state index in [1.165, 1.54) is 0 Å². The number of aryl methyl sites for hydroxylation is 2. The fraction of sp³-hybridized carbons (Fsp3) is 0.300. The van der Waals surface area contributed by atoms with Gasteiger partial charge in [-0.05, 0) is 18.6 Å². The monoisotopic (exact) mass is 204 g/mol. The lowest BCUT2D eigenvalue weighted by atomic mass is 10.3. The van der Waals surface area contributed by atoms with Crippen LogP contribution < -0.4 is 5.56 Å². The van der Waals surface area contributed by atoms with Crippen LogP contribution in [0.5, 0.6) is 0 Å². The number of hydrogen-bond acceptors (Lipinski definition) is 3. The lowest BCUT2D eigenvalue weighted by molar-refractivity contribution is 0.675. The molecule has 15 heavy (non-hydrogen) atoms. The highest BCUT2D eigenvalue weighted by atomic mass is 16.1. The van der Waals surface area contributed by atoms with E-state index in [0.717, 1.165) is 11.4 Å². The molecule has 0 fully saturated rings. The molecule has 0 bridgehead atoms. The number of rotatable bonds is 2. The van der Waals surface area contributed by atoms with Crippen LogP contribution in [0.15, 0.2) is 29.5 Å². The molecule has 0 aliphatic rings. The van der Waals surface area contributed by atoms with Crippen molar-refractivity contribution in [3.8, 4) is 0 Å². The van der Waals surface area contributed by atoms with E-state index in [1.807, 2.05) is 20.0 Å². The van der Waals surface area contributed by atoms with Gasteiger partial charge >= 0.3 is 0 Å². The molecule has 2 aromatic rings. The van der Waals surface area contributed by atoms with Crippen molar-refractivity contribution in [2.75, 3.05) is 0 Å². The molecular formula is C10H12N4O. The Hall–Kier alpha value is -1.91. The average molecular weight is 204 g/mol. The second kappa shape index (κ2) is 3.68. The predicted molar refractivity (Wildman–Crippen MR) is 55.5 cm³/mol. The number of nitrogens with zero attached hydrogens (tertiary/aromatic N) is 4. The highest BCUT2D eigenvalue weighted by Crippen LogP contribution is 1.96. The maximum Gasteiger partial charge on any atom is 0.251 e. The van der Waals surface area contributed by atoms with E-state index in [4.69, 9.17) is 0 Å². The van der Waals surface area contributed by atoms with Gasteiger partial charge in [0.25, 0.3) is 5.56 Å². The standard InChI is InChI=1S/C10H12N4O/c1-8-3-4-14(10(15)5-8)6-9-12-11-7-13(9)2/h3-5,7H,6H2,1-2H3. The van der Waals surface area contributed by atoms with E-state index >= 15 is 0 Å². The Balaban J connectivity index is 2.33. The summed E-state index contributed by atoms with van der Waals surface area (Å²) in [6.07, 6.45) is 3.39. The van der Waals surface area contributed by atoms with Gasteiger partial charge in [-0.3, -0.25) is 4.79 Å². The van der Waals surface area contributed by atoms with Crippen LogP contribution in [0.4, 0.5) is 0 Å². The van der Waals surface area contributed by atoms with Crippen molar-refractivity contribution in [1.29, 1.82) is 0 Å². The second-order valence-corrected chi connectivity index (χ2v) is 3.53. The number of pyridine rings is 1. The van der Waals surface area contributed by atoms with Crippen molar-refractivity contribution in [2.45, 2.75) is 13.5 Å². The molecule has 0 unspecified atom stereocenters. The van der Waals surface area contributed by atoms with Gasteiger partial charge in [0, 0.05) is 19.3 Å². The lowest BCUT2D eigenvalue weighted by Crippen LogP contribution is -2.20. The van der Waals surface area contributed by atoms with Gasteiger partial charge in [-0.1, -0.05) is 0 Å². The third kappa shape index (κ3) is 1.96. The van der Waals surface area contributed by atoms with E-state index in [0.29, 0.717) is 6.54 Å². The molecule has 5 nitrogen and oxygen atoms in total. The maximum atomic E-state index is 11.6. The minimum Gasteiger partial charge on any atom is -0.319 e. The van der Waals surface area contributed by atoms with Crippen LogP contribution >= 0.6 is 0 Å². The Labute approximate surface area is 87.0 Å². The van der Waals surface area contributed by atoms with Crippen LogP contribution in [0, 0.1) is 6.92 Å². The summed E-state index contributed by atoms with van der Waals surface area (Å²) in [7, 11) is 1.86. The Bertz CT molecular complexity index is 526. The summed E-state index contributed by atoms with van der Waals surface area (Å²) in [4.78, 5) is 11.6. The topological polar surface area (TPSA) is 52.7 Å². The summed E-state index contributed by atoms with van der Waals surface area (Å²) in [6, 6.07) is 3.51. The van der Waals surface area contributed by atoms with Gasteiger partial charge in [-0.25, -0.2) is 0 Å². The zero-order valence-corrected chi connectivity index (χ0v) is 8.71. The molecule has 0 saturated carbocycles. The maximum absolute atomic E-state index is 11.6. The van der Waals surface area contributed by atoms with Gasteiger partial charge in [0.15, 0.2) is 5.82 Å². The highest BCUT2D eigenvalue weighted by Gasteiger charge is 2.02. The molecule has 5 heteroatoms. The summed E-state index contributed by atoms with van der Waals surface area (Å²) in [6.45, 7) is 2.35. The fourth-order valence-electron chi connectivity index (χ4n) is 1.34. The number of aromatic nitrogens is 4. The first kappa shape index (κ1) is 9.64. The molecular weight excluding hydrogens is 192 g/mol. The van der Waals surface area contributed by atoms with Crippen LogP contribution in [0.3, 0.4) is 0 Å². The first-order chi connectivity index (χ1) is 7.16. The summed E-state index contributed by atoms with van der Waals surface area (Å²) < 4.78 is 3.41. The third-order valence-electron chi connectivity index (χ3n) is 2.27. The van der Waals surface area contributed by atoms with Crippen molar-refractivity contribution in [3.05, 3.63) is 46.4 Å². The van der Waals surface area contributed by atoms with Gasteiger partial charge < -0.3 is 9.13 Å². The average Bonchev–Trinajstić information content (AvgIpc) is 2.57. The van der Waals surface area contributed by atoms with E-state index in [1.54, 1.807) is 27.7 Å². The molecule has 0 aromatic carbocycles. The van der Waals surface area contributed by atoms with Crippen molar-refractivity contribution in [3.63, 3.8) is 0 Å². The Morgan fingerprint density at radius 2 is 2.27 bits per heavy atom. The molecule has 0 saturated heterocycles. The van der Waals surface area contributed by atoms with Gasteiger partial charge in [0.05, 0.1) is 6.54 Å². The minimum atomic E-state index is -0.0157. The highest BCUT2D eigenvalue weighted by molar-refractivity contribution is 5.08. The molecule has 2 aromatic heterocycles. The molecule has 0 spiro atoms.